The van der Waals surface area contributed by atoms with Crippen LogP contribution in [0.4, 0.5) is 0 Å². The SMILES string of the molecule is Cc1oc2cc3oc(=O)c(CC(=O)N[C@H]4CS(=O)(=O)C[C@@H]4O)c(C)c3cc2c1-c1ccccc1. The van der Waals surface area contributed by atoms with Gasteiger partial charge in [-0.3, -0.25) is 4.79 Å². The number of sulfone groups is 1. The third-order valence-corrected chi connectivity index (χ3v) is 8.06. The summed E-state index contributed by atoms with van der Waals surface area (Å²) in [5.74, 6) is -0.535. The minimum atomic E-state index is -3.41. The van der Waals surface area contributed by atoms with Gasteiger partial charge in [-0.2, -0.15) is 0 Å². The van der Waals surface area contributed by atoms with Crippen molar-refractivity contribution < 1.29 is 27.2 Å². The summed E-state index contributed by atoms with van der Waals surface area (Å²) in [6, 6.07) is 12.5. The lowest BCUT2D eigenvalue weighted by atomic mass is 9.98. The Morgan fingerprint density at radius 2 is 1.76 bits per heavy atom. The van der Waals surface area contributed by atoms with E-state index in [4.69, 9.17) is 8.83 Å². The summed E-state index contributed by atoms with van der Waals surface area (Å²) in [7, 11) is -3.41. The molecule has 5 rings (SSSR count). The number of benzene rings is 2. The molecule has 1 saturated heterocycles. The van der Waals surface area contributed by atoms with Crippen LogP contribution in [0.3, 0.4) is 0 Å². The van der Waals surface area contributed by atoms with Crippen molar-refractivity contribution in [3.05, 3.63) is 69.8 Å². The summed E-state index contributed by atoms with van der Waals surface area (Å²) in [4.78, 5) is 25.3. The van der Waals surface area contributed by atoms with Crippen LogP contribution in [-0.2, 0) is 21.1 Å². The largest absolute Gasteiger partial charge is 0.461 e. The zero-order chi connectivity index (χ0) is 24.2. The molecule has 0 bridgehead atoms. The number of hydrogen-bond acceptors (Lipinski definition) is 7. The molecule has 9 heteroatoms. The van der Waals surface area contributed by atoms with Gasteiger partial charge in [0.2, 0.25) is 5.91 Å². The first-order chi connectivity index (χ1) is 16.1. The number of fused-ring (bicyclic) bond motifs is 2. The minimum Gasteiger partial charge on any atom is -0.461 e. The van der Waals surface area contributed by atoms with Crippen molar-refractivity contribution in [1.29, 1.82) is 0 Å². The molecular weight excluding hydrogens is 458 g/mol. The van der Waals surface area contributed by atoms with Gasteiger partial charge in [0.1, 0.15) is 16.9 Å². The minimum absolute atomic E-state index is 0.182. The van der Waals surface area contributed by atoms with Crippen molar-refractivity contribution in [2.45, 2.75) is 32.4 Å². The maximum Gasteiger partial charge on any atom is 0.340 e. The normalized spacial score (nSPS) is 19.6. The van der Waals surface area contributed by atoms with Crippen molar-refractivity contribution in [3.63, 3.8) is 0 Å². The van der Waals surface area contributed by atoms with Gasteiger partial charge < -0.3 is 19.3 Å². The summed E-state index contributed by atoms with van der Waals surface area (Å²) in [5, 5.41) is 14.0. The molecule has 2 aromatic heterocycles. The van der Waals surface area contributed by atoms with Gasteiger partial charge in [0.05, 0.1) is 35.6 Å². The maximum atomic E-state index is 12.7. The van der Waals surface area contributed by atoms with E-state index in [0.717, 1.165) is 22.3 Å². The Hall–Kier alpha value is -3.43. The summed E-state index contributed by atoms with van der Waals surface area (Å²) >= 11 is 0. The molecule has 4 aromatic rings. The zero-order valence-corrected chi connectivity index (χ0v) is 19.4. The van der Waals surface area contributed by atoms with Crippen LogP contribution in [0.1, 0.15) is 16.9 Å². The molecule has 0 unspecified atom stereocenters. The van der Waals surface area contributed by atoms with Crippen LogP contribution in [0.15, 0.2) is 56.1 Å². The number of nitrogens with one attached hydrogen (secondary N) is 1. The van der Waals surface area contributed by atoms with Gasteiger partial charge in [-0.15, -0.1) is 0 Å². The molecule has 176 valence electrons. The van der Waals surface area contributed by atoms with Crippen molar-refractivity contribution in [2.24, 2.45) is 0 Å². The lowest BCUT2D eigenvalue weighted by molar-refractivity contribution is -0.121. The second kappa shape index (κ2) is 8.11. The molecule has 34 heavy (non-hydrogen) atoms. The summed E-state index contributed by atoms with van der Waals surface area (Å²) < 4.78 is 34.9. The molecule has 2 atom stereocenters. The van der Waals surface area contributed by atoms with Gasteiger partial charge in [-0.05, 0) is 31.0 Å². The average molecular weight is 482 g/mol. The van der Waals surface area contributed by atoms with E-state index >= 15 is 0 Å². The van der Waals surface area contributed by atoms with Crippen LogP contribution in [-0.4, -0.2) is 43.1 Å². The molecule has 3 heterocycles. The Labute approximate surface area is 195 Å². The van der Waals surface area contributed by atoms with Crippen molar-refractivity contribution in [1.82, 2.24) is 5.32 Å². The van der Waals surface area contributed by atoms with E-state index in [-0.39, 0.29) is 23.5 Å². The number of carbonyl (C=O) groups excluding carboxylic acids is 1. The molecule has 8 nitrogen and oxygen atoms in total. The number of aliphatic hydroxyl groups excluding tert-OH is 1. The van der Waals surface area contributed by atoms with Gasteiger partial charge in [0, 0.05) is 22.4 Å². The van der Waals surface area contributed by atoms with E-state index in [2.05, 4.69) is 5.32 Å². The Balaban J connectivity index is 1.54. The summed E-state index contributed by atoms with van der Waals surface area (Å²) in [6.45, 7) is 3.63. The van der Waals surface area contributed by atoms with Crippen molar-refractivity contribution in [2.75, 3.05) is 11.5 Å². The van der Waals surface area contributed by atoms with Gasteiger partial charge in [-0.25, -0.2) is 13.2 Å². The van der Waals surface area contributed by atoms with Crippen LogP contribution >= 0.6 is 0 Å². The highest BCUT2D eigenvalue weighted by molar-refractivity contribution is 7.91. The van der Waals surface area contributed by atoms with Crippen LogP contribution < -0.4 is 10.9 Å². The highest BCUT2D eigenvalue weighted by atomic mass is 32.2. The molecular formula is C25H23NO7S. The molecule has 0 radical (unpaired) electrons. The van der Waals surface area contributed by atoms with Crippen LogP contribution in [0.5, 0.6) is 0 Å². The molecule has 0 aliphatic carbocycles. The van der Waals surface area contributed by atoms with E-state index in [1.54, 1.807) is 13.0 Å². The first kappa shape index (κ1) is 22.4. The Bertz CT molecular complexity index is 1600. The van der Waals surface area contributed by atoms with E-state index in [1.165, 1.54) is 0 Å². The Kier molecular flexibility index (Phi) is 5.33. The molecule has 1 fully saturated rings. The van der Waals surface area contributed by atoms with Crippen molar-refractivity contribution >= 4 is 37.7 Å². The van der Waals surface area contributed by atoms with Crippen LogP contribution in [0, 0.1) is 13.8 Å². The van der Waals surface area contributed by atoms with Crippen LogP contribution in [0.25, 0.3) is 33.1 Å². The van der Waals surface area contributed by atoms with E-state index in [9.17, 15) is 23.1 Å². The lowest BCUT2D eigenvalue weighted by Crippen LogP contribution is -2.43. The predicted molar refractivity (Wildman–Crippen MR) is 127 cm³/mol. The Morgan fingerprint density at radius 1 is 1.06 bits per heavy atom. The molecule has 2 N–H and O–H groups in total. The van der Waals surface area contributed by atoms with E-state index < -0.39 is 33.5 Å². The van der Waals surface area contributed by atoms with Gasteiger partial charge in [-0.1, -0.05) is 30.3 Å². The Morgan fingerprint density at radius 3 is 2.44 bits per heavy atom. The predicted octanol–water partition coefficient (Wildman–Crippen LogP) is 2.64. The smallest absolute Gasteiger partial charge is 0.340 e. The van der Waals surface area contributed by atoms with Crippen LogP contribution in [0.2, 0.25) is 0 Å². The highest BCUT2D eigenvalue weighted by Gasteiger charge is 2.37. The van der Waals surface area contributed by atoms with Gasteiger partial charge in [0.15, 0.2) is 9.84 Å². The number of aryl methyl sites for hydroxylation is 2. The fourth-order valence-corrected chi connectivity index (χ4v) is 6.40. The fraction of sp³-hybridized carbons (Fsp3) is 0.280. The summed E-state index contributed by atoms with van der Waals surface area (Å²) in [5.41, 5.74) is 3.02. The molecule has 1 aliphatic heterocycles. The maximum absolute atomic E-state index is 12.7. The number of rotatable bonds is 4. The topological polar surface area (TPSA) is 127 Å². The fourth-order valence-electron chi connectivity index (χ4n) is 4.65. The number of aliphatic hydroxyl groups is 1. The number of hydrogen-bond donors (Lipinski definition) is 2. The molecule has 1 amide bonds. The molecule has 1 aliphatic rings. The van der Waals surface area contributed by atoms with E-state index in [0.29, 0.717) is 22.1 Å². The van der Waals surface area contributed by atoms with E-state index in [1.807, 2.05) is 43.3 Å². The first-order valence-corrected chi connectivity index (χ1v) is 12.7. The highest BCUT2D eigenvalue weighted by Crippen LogP contribution is 2.37. The average Bonchev–Trinajstić information content (AvgIpc) is 3.23. The zero-order valence-electron chi connectivity index (χ0n) is 18.6. The number of amides is 1. The third kappa shape index (κ3) is 3.91. The standard InChI is InChI=1S/C25H23NO7S/c1-13-16-8-18-22(32-14(2)24(18)15-6-4-3-5-7-15)10-21(16)33-25(29)17(13)9-23(28)26-19-11-34(30,31)12-20(19)27/h3-8,10,19-20,27H,9,11-12H2,1-2H3,(H,26,28)/t19-,20-/m0/s1. The lowest BCUT2D eigenvalue weighted by Gasteiger charge is -2.15. The van der Waals surface area contributed by atoms with Gasteiger partial charge in [0.25, 0.3) is 0 Å². The molecule has 0 saturated carbocycles. The third-order valence-electron chi connectivity index (χ3n) is 6.34. The second-order valence-electron chi connectivity index (χ2n) is 8.73. The number of furan rings is 1. The summed E-state index contributed by atoms with van der Waals surface area (Å²) in [6.07, 6.45) is -1.46. The monoisotopic (exact) mass is 481 g/mol. The van der Waals surface area contributed by atoms with Gasteiger partial charge >= 0.3 is 5.63 Å². The molecule has 0 spiro atoms. The quantitative estimate of drug-likeness (QED) is 0.429. The van der Waals surface area contributed by atoms with Crippen molar-refractivity contribution in [3.8, 4) is 11.1 Å². The number of carbonyl (C=O) groups is 1. The first-order valence-electron chi connectivity index (χ1n) is 10.9. The molecule has 2 aromatic carbocycles. The second-order valence-corrected chi connectivity index (χ2v) is 10.9.